The first kappa shape index (κ1) is 20.3. The average molecular weight is 414 g/mol. The molecule has 3 rings (SSSR count). The van der Waals surface area contributed by atoms with E-state index in [9.17, 15) is 14.4 Å². The summed E-state index contributed by atoms with van der Waals surface area (Å²) < 4.78 is 16.7. The summed E-state index contributed by atoms with van der Waals surface area (Å²) in [4.78, 5) is 41.3. The zero-order valence-electron chi connectivity index (χ0n) is 16.2. The largest absolute Gasteiger partial charge is 0.493 e. The van der Waals surface area contributed by atoms with Crippen LogP contribution in [0.3, 0.4) is 0 Å². The average Bonchev–Trinajstić information content (AvgIpc) is 3.06. The third-order valence-electron chi connectivity index (χ3n) is 4.20. The topological polar surface area (TPSA) is 96.7 Å². The van der Waals surface area contributed by atoms with Gasteiger partial charge in [-0.05, 0) is 36.3 Å². The molecule has 0 unspecified atom stereocenters. The van der Waals surface area contributed by atoms with Crippen LogP contribution < -0.4 is 15.0 Å². The van der Waals surface area contributed by atoms with Gasteiger partial charge in [0.15, 0.2) is 11.5 Å². The van der Waals surface area contributed by atoms with Crippen LogP contribution in [0.2, 0.25) is 0 Å². The molecule has 0 bridgehead atoms. The maximum Gasteiger partial charge on any atom is 0.354 e. The Morgan fingerprint density at radius 1 is 1.21 bits per heavy atom. The lowest BCUT2D eigenvalue weighted by molar-refractivity contribution is -0.134. The van der Waals surface area contributed by atoms with E-state index in [0.29, 0.717) is 32.0 Å². The monoisotopic (exact) mass is 414 g/mol. The van der Waals surface area contributed by atoms with Gasteiger partial charge in [-0.3, -0.25) is 4.79 Å². The van der Waals surface area contributed by atoms with E-state index in [1.54, 1.807) is 38.2 Å². The molecule has 9 heteroatoms. The lowest BCUT2D eigenvalue weighted by Gasteiger charge is -2.09. The predicted molar refractivity (Wildman–Crippen MR) is 109 cm³/mol. The molecule has 0 radical (unpaired) electrons. The fraction of sp³-hybridized carbons (Fsp3) is 0.200. The smallest absolute Gasteiger partial charge is 0.354 e. The summed E-state index contributed by atoms with van der Waals surface area (Å²) in [7, 11) is 4.33. The van der Waals surface area contributed by atoms with Gasteiger partial charge < -0.3 is 18.8 Å². The van der Waals surface area contributed by atoms with Crippen molar-refractivity contribution in [2.45, 2.75) is 6.92 Å². The quantitative estimate of drug-likeness (QED) is 0.360. The van der Waals surface area contributed by atoms with Crippen molar-refractivity contribution in [3.8, 4) is 11.5 Å². The Morgan fingerprint density at radius 3 is 2.66 bits per heavy atom. The number of benzene rings is 1. The minimum atomic E-state index is -0.608. The van der Waals surface area contributed by atoms with Crippen LogP contribution in [0.5, 0.6) is 11.5 Å². The number of carbonyl (C=O) groups is 2. The molecule has 29 heavy (non-hydrogen) atoms. The normalized spacial score (nSPS) is 11.0. The summed E-state index contributed by atoms with van der Waals surface area (Å²) in [6, 6.07) is 4.85. The summed E-state index contributed by atoms with van der Waals surface area (Å²) >= 11 is 1.10. The van der Waals surface area contributed by atoms with Gasteiger partial charge in [-0.1, -0.05) is 6.07 Å². The van der Waals surface area contributed by atoms with E-state index < -0.39 is 11.9 Å². The minimum absolute atomic E-state index is 0.213. The third-order valence-corrected chi connectivity index (χ3v) is 5.38. The zero-order valence-corrected chi connectivity index (χ0v) is 17.0. The molecule has 0 aliphatic heterocycles. The molecule has 2 heterocycles. The van der Waals surface area contributed by atoms with E-state index in [4.69, 9.17) is 9.47 Å². The van der Waals surface area contributed by atoms with Crippen LogP contribution in [-0.4, -0.2) is 35.7 Å². The van der Waals surface area contributed by atoms with Crippen molar-refractivity contribution in [1.82, 2.24) is 9.55 Å². The van der Waals surface area contributed by atoms with Crippen LogP contribution >= 0.6 is 11.3 Å². The van der Waals surface area contributed by atoms with Gasteiger partial charge >= 0.3 is 11.9 Å². The summed E-state index contributed by atoms with van der Waals surface area (Å²) in [6.45, 7) is 1.69. The van der Waals surface area contributed by atoms with Crippen molar-refractivity contribution in [2.24, 2.45) is 7.05 Å². The Balaban J connectivity index is 1.91. The number of hydrogen-bond acceptors (Lipinski definition) is 8. The van der Waals surface area contributed by atoms with Crippen LogP contribution in [0.15, 0.2) is 35.4 Å². The zero-order chi connectivity index (χ0) is 21.1. The fourth-order valence-corrected chi connectivity index (χ4v) is 3.67. The van der Waals surface area contributed by atoms with Crippen LogP contribution in [0.1, 0.15) is 20.8 Å². The van der Waals surface area contributed by atoms with E-state index in [-0.39, 0.29) is 11.3 Å². The number of ether oxygens (including phenoxy) is 3. The number of hydrogen-bond donors (Lipinski definition) is 0. The molecule has 1 aromatic carbocycles. The summed E-state index contributed by atoms with van der Waals surface area (Å²) in [5.74, 6) is -0.563. The number of thiophene rings is 1. The summed E-state index contributed by atoms with van der Waals surface area (Å²) in [6.07, 6.45) is 4.24. The Morgan fingerprint density at radius 2 is 1.97 bits per heavy atom. The maximum atomic E-state index is 12.7. The Kier molecular flexibility index (Phi) is 5.79. The van der Waals surface area contributed by atoms with Gasteiger partial charge in [0.25, 0.3) is 5.56 Å². The standard InChI is InChI=1S/C20H18N2O6S/c1-11-16-18(21-10-22(2)19(16)24)29-17(11)20(25)28-13-7-5-12(9-14(13)26-3)6-8-15(23)27-4/h5-10H,1-4H3/b8-6+. The summed E-state index contributed by atoms with van der Waals surface area (Å²) in [5.41, 5.74) is 0.972. The Bertz CT molecular complexity index is 1190. The molecular formula is C20H18N2O6S. The van der Waals surface area contributed by atoms with E-state index in [2.05, 4.69) is 9.72 Å². The van der Waals surface area contributed by atoms with Gasteiger partial charge in [-0.2, -0.15) is 0 Å². The fourth-order valence-electron chi connectivity index (χ4n) is 2.65. The maximum absolute atomic E-state index is 12.7. The van der Waals surface area contributed by atoms with Crippen LogP contribution in [-0.2, 0) is 16.6 Å². The van der Waals surface area contributed by atoms with Gasteiger partial charge in [0.1, 0.15) is 9.71 Å². The molecule has 0 aliphatic rings. The van der Waals surface area contributed by atoms with Crippen LogP contribution in [0, 0.1) is 6.92 Å². The molecule has 150 valence electrons. The lowest BCUT2D eigenvalue weighted by Crippen LogP contribution is -2.17. The number of rotatable bonds is 5. The lowest BCUT2D eigenvalue weighted by atomic mass is 10.2. The predicted octanol–water partition coefficient (Wildman–Crippen LogP) is 2.72. The number of esters is 2. The number of aryl methyl sites for hydroxylation is 2. The molecule has 2 aromatic heterocycles. The van der Waals surface area contributed by atoms with E-state index >= 15 is 0 Å². The SMILES string of the molecule is COC(=O)/C=C/c1ccc(OC(=O)c2sc3ncn(C)c(=O)c3c2C)c(OC)c1. The molecule has 0 amide bonds. The number of carbonyl (C=O) groups excluding carboxylic acids is 2. The van der Waals surface area contributed by atoms with E-state index in [0.717, 1.165) is 11.3 Å². The number of aromatic nitrogens is 2. The van der Waals surface area contributed by atoms with E-state index in [1.807, 2.05) is 0 Å². The van der Waals surface area contributed by atoms with Crippen molar-refractivity contribution in [1.29, 1.82) is 0 Å². The van der Waals surface area contributed by atoms with Crippen molar-refractivity contribution in [2.75, 3.05) is 14.2 Å². The molecule has 0 saturated heterocycles. The van der Waals surface area contributed by atoms with Gasteiger partial charge in [-0.25, -0.2) is 14.6 Å². The second-order valence-electron chi connectivity index (χ2n) is 6.05. The molecule has 0 spiro atoms. The van der Waals surface area contributed by atoms with Gasteiger partial charge in [0, 0.05) is 13.1 Å². The second kappa shape index (κ2) is 8.27. The highest BCUT2D eigenvalue weighted by molar-refractivity contribution is 7.20. The highest BCUT2D eigenvalue weighted by atomic mass is 32.1. The molecule has 0 N–H and O–H groups in total. The van der Waals surface area contributed by atoms with Crippen LogP contribution in [0.25, 0.3) is 16.3 Å². The molecule has 8 nitrogen and oxygen atoms in total. The second-order valence-corrected chi connectivity index (χ2v) is 7.05. The minimum Gasteiger partial charge on any atom is -0.493 e. The molecular weight excluding hydrogens is 396 g/mol. The van der Waals surface area contributed by atoms with Gasteiger partial charge in [0.05, 0.1) is 25.9 Å². The molecule has 0 aliphatic carbocycles. The Hall–Kier alpha value is -3.46. The highest BCUT2D eigenvalue weighted by Crippen LogP contribution is 2.32. The first-order chi connectivity index (χ1) is 13.8. The summed E-state index contributed by atoms with van der Waals surface area (Å²) in [5, 5.41) is 0.405. The van der Waals surface area contributed by atoms with Gasteiger partial charge in [0.2, 0.25) is 0 Å². The van der Waals surface area contributed by atoms with Gasteiger partial charge in [-0.15, -0.1) is 11.3 Å². The first-order valence-corrected chi connectivity index (χ1v) is 9.28. The highest BCUT2D eigenvalue weighted by Gasteiger charge is 2.21. The number of fused-ring (bicyclic) bond motifs is 1. The molecule has 0 fully saturated rings. The van der Waals surface area contributed by atoms with Crippen molar-refractivity contribution in [3.63, 3.8) is 0 Å². The number of nitrogens with zero attached hydrogens (tertiary/aromatic N) is 2. The van der Waals surface area contributed by atoms with Crippen molar-refractivity contribution >= 4 is 39.6 Å². The Labute approximate surface area is 170 Å². The number of methoxy groups -OCH3 is 2. The van der Waals surface area contributed by atoms with E-state index in [1.165, 1.54) is 31.2 Å². The molecule has 0 saturated carbocycles. The first-order valence-electron chi connectivity index (χ1n) is 8.46. The van der Waals surface area contributed by atoms with Crippen LogP contribution in [0.4, 0.5) is 0 Å². The van der Waals surface area contributed by atoms with Crippen molar-refractivity contribution in [3.05, 3.63) is 57.0 Å². The van der Waals surface area contributed by atoms with Crippen molar-refractivity contribution < 1.29 is 23.8 Å². The molecule has 0 atom stereocenters. The third kappa shape index (κ3) is 4.04. The molecule has 3 aromatic rings.